The van der Waals surface area contributed by atoms with Crippen molar-refractivity contribution in [1.82, 2.24) is 10.5 Å². The maximum atomic E-state index is 11.6. The van der Waals surface area contributed by atoms with Crippen LogP contribution in [0.4, 0.5) is 0 Å². The van der Waals surface area contributed by atoms with Gasteiger partial charge in [-0.2, -0.15) is 0 Å². The maximum absolute atomic E-state index is 11.6. The van der Waals surface area contributed by atoms with Gasteiger partial charge in [-0.3, -0.25) is 14.6 Å². The molecule has 1 aromatic heterocycles. The molecule has 0 aliphatic heterocycles. The SMILES string of the molecule is O=C(CCCc1cccnc1)NOCCOc1ccccc1. The molecule has 0 saturated carbocycles. The number of nitrogens with zero attached hydrogens (tertiary/aromatic N) is 1. The number of amides is 1. The number of carbonyl (C=O) groups is 1. The molecular formula is C17H20N2O3. The zero-order valence-electron chi connectivity index (χ0n) is 12.4. The Morgan fingerprint density at radius 2 is 1.95 bits per heavy atom. The fourth-order valence-electron chi connectivity index (χ4n) is 1.90. The van der Waals surface area contributed by atoms with Gasteiger partial charge < -0.3 is 4.74 Å². The number of rotatable bonds is 9. The number of pyridine rings is 1. The van der Waals surface area contributed by atoms with Crippen LogP contribution >= 0.6 is 0 Å². The monoisotopic (exact) mass is 300 g/mol. The summed E-state index contributed by atoms with van der Waals surface area (Å²) in [7, 11) is 0. The van der Waals surface area contributed by atoms with Crippen molar-refractivity contribution in [3.63, 3.8) is 0 Å². The molecule has 0 atom stereocenters. The number of nitrogens with one attached hydrogen (secondary N) is 1. The van der Waals surface area contributed by atoms with Crippen LogP contribution in [0, 0.1) is 0 Å². The molecule has 0 saturated heterocycles. The molecule has 116 valence electrons. The highest BCUT2D eigenvalue weighted by molar-refractivity contribution is 5.74. The Bertz CT molecular complexity index is 546. The van der Waals surface area contributed by atoms with Crippen LogP contribution in [0.25, 0.3) is 0 Å². The van der Waals surface area contributed by atoms with E-state index >= 15 is 0 Å². The average Bonchev–Trinajstić information content (AvgIpc) is 2.56. The molecule has 0 radical (unpaired) electrons. The molecule has 5 nitrogen and oxygen atoms in total. The first-order valence-electron chi connectivity index (χ1n) is 7.32. The van der Waals surface area contributed by atoms with E-state index in [0.717, 1.165) is 24.2 Å². The third-order valence-corrected chi connectivity index (χ3v) is 2.98. The van der Waals surface area contributed by atoms with Gasteiger partial charge in [0.2, 0.25) is 5.91 Å². The van der Waals surface area contributed by atoms with Crippen LogP contribution in [0.15, 0.2) is 54.9 Å². The summed E-state index contributed by atoms with van der Waals surface area (Å²) < 4.78 is 5.44. The van der Waals surface area contributed by atoms with E-state index in [1.807, 2.05) is 48.7 Å². The highest BCUT2D eigenvalue weighted by atomic mass is 16.7. The van der Waals surface area contributed by atoms with Crippen molar-refractivity contribution in [2.75, 3.05) is 13.2 Å². The number of ether oxygens (including phenoxy) is 1. The van der Waals surface area contributed by atoms with E-state index < -0.39 is 0 Å². The van der Waals surface area contributed by atoms with Gasteiger partial charge in [0.05, 0.1) is 0 Å². The van der Waals surface area contributed by atoms with E-state index in [1.165, 1.54) is 0 Å². The standard InChI is InChI=1S/C17H20N2O3/c20-17(10-4-6-15-7-5-11-18-14-15)19-22-13-12-21-16-8-2-1-3-9-16/h1-3,5,7-9,11,14H,4,6,10,12-13H2,(H,19,20). The first-order valence-corrected chi connectivity index (χ1v) is 7.32. The molecule has 1 aromatic carbocycles. The minimum absolute atomic E-state index is 0.122. The van der Waals surface area contributed by atoms with Gasteiger partial charge in [0, 0.05) is 18.8 Å². The maximum Gasteiger partial charge on any atom is 0.243 e. The number of hydrogen-bond donors (Lipinski definition) is 1. The number of carbonyl (C=O) groups excluding carboxylic acids is 1. The van der Waals surface area contributed by atoms with Crippen LogP contribution in [0.3, 0.4) is 0 Å². The van der Waals surface area contributed by atoms with Gasteiger partial charge in [0.15, 0.2) is 0 Å². The molecule has 0 spiro atoms. The van der Waals surface area contributed by atoms with E-state index in [0.29, 0.717) is 19.6 Å². The second-order valence-corrected chi connectivity index (χ2v) is 4.75. The number of benzene rings is 1. The lowest BCUT2D eigenvalue weighted by molar-refractivity contribution is -0.134. The smallest absolute Gasteiger partial charge is 0.243 e. The minimum Gasteiger partial charge on any atom is -0.491 e. The number of hydrogen-bond acceptors (Lipinski definition) is 4. The Kier molecular flexibility index (Phi) is 6.92. The molecule has 22 heavy (non-hydrogen) atoms. The van der Waals surface area contributed by atoms with Crippen LogP contribution in [0.5, 0.6) is 5.75 Å². The van der Waals surface area contributed by atoms with Crippen molar-refractivity contribution in [3.05, 3.63) is 60.4 Å². The third kappa shape index (κ3) is 6.37. The summed E-state index contributed by atoms with van der Waals surface area (Å²) in [5, 5.41) is 0. The summed E-state index contributed by atoms with van der Waals surface area (Å²) in [6.07, 6.45) is 5.57. The predicted octanol–water partition coefficient (Wildman–Crippen LogP) is 2.53. The van der Waals surface area contributed by atoms with Crippen LogP contribution in [-0.4, -0.2) is 24.1 Å². The number of para-hydroxylation sites is 1. The average molecular weight is 300 g/mol. The van der Waals surface area contributed by atoms with Gasteiger partial charge in [-0.1, -0.05) is 24.3 Å². The van der Waals surface area contributed by atoms with Crippen molar-refractivity contribution >= 4 is 5.91 Å². The topological polar surface area (TPSA) is 60.5 Å². The van der Waals surface area contributed by atoms with Gasteiger partial charge in [0.25, 0.3) is 0 Å². The number of aromatic nitrogens is 1. The summed E-state index contributed by atoms with van der Waals surface area (Å²) in [6.45, 7) is 0.698. The second-order valence-electron chi connectivity index (χ2n) is 4.75. The largest absolute Gasteiger partial charge is 0.491 e. The molecule has 1 amide bonds. The summed E-state index contributed by atoms with van der Waals surface area (Å²) in [6, 6.07) is 13.4. The van der Waals surface area contributed by atoms with Crippen molar-refractivity contribution in [2.24, 2.45) is 0 Å². The molecule has 2 aromatic rings. The highest BCUT2D eigenvalue weighted by Crippen LogP contribution is 2.07. The molecule has 1 heterocycles. The predicted molar refractivity (Wildman–Crippen MR) is 83.2 cm³/mol. The normalized spacial score (nSPS) is 10.2. The van der Waals surface area contributed by atoms with Crippen LogP contribution in [-0.2, 0) is 16.1 Å². The molecule has 0 aliphatic carbocycles. The molecule has 0 unspecified atom stereocenters. The lowest BCUT2D eigenvalue weighted by Crippen LogP contribution is -2.25. The van der Waals surface area contributed by atoms with Gasteiger partial charge in [-0.15, -0.1) is 0 Å². The van der Waals surface area contributed by atoms with Gasteiger partial charge in [-0.05, 0) is 36.6 Å². The fourth-order valence-corrected chi connectivity index (χ4v) is 1.90. The number of hydroxylamine groups is 1. The van der Waals surface area contributed by atoms with Crippen LogP contribution < -0.4 is 10.2 Å². The van der Waals surface area contributed by atoms with E-state index in [4.69, 9.17) is 9.57 Å². The highest BCUT2D eigenvalue weighted by Gasteiger charge is 2.02. The first kappa shape index (κ1) is 16.0. The second kappa shape index (κ2) is 9.52. The Balaban J connectivity index is 1.49. The van der Waals surface area contributed by atoms with E-state index in [2.05, 4.69) is 10.5 Å². The van der Waals surface area contributed by atoms with Crippen LogP contribution in [0.2, 0.25) is 0 Å². The van der Waals surface area contributed by atoms with Crippen molar-refractivity contribution in [2.45, 2.75) is 19.3 Å². The van der Waals surface area contributed by atoms with E-state index in [9.17, 15) is 4.79 Å². The zero-order chi connectivity index (χ0) is 15.5. The molecule has 1 N–H and O–H groups in total. The molecule has 5 heteroatoms. The fraction of sp³-hybridized carbons (Fsp3) is 0.294. The van der Waals surface area contributed by atoms with Crippen LogP contribution in [0.1, 0.15) is 18.4 Å². The van der Waals surface area contributed by atoms with Crippen molar-refractivity contribution in [3.8, 4) is 5.75 Å². The molecule has 2 rings (SSSR count). The Morgan fingerprint density at radius 1 is 1.09 bits per heavy atom. The Labute approximate surface area is 130 Å². The number of aryl methyl sites for hydroxylation is 1. The van der Waals surface area contributed by atoms with Gasteiger partial charge >= 0.3 is 0 Å². The Hall–Kier alpha value is -2.40. The summed E-state index contributed by atoms with van der Waals surface area (Å²) >= 11 is 0. The summed E-state index contributed by atoms with van der Waals surface area (Å²) in [5.74, 6) is 0.664. The minimum atomic E-state index is -0.122. The Morgan fingerprint density at radius 3 is 2.73 bits per heavy atom. The quantitative estimate of drug-likeness (QED) is 0.571. The first-order chi connectivity index (χ1) is 10.8. The lowest BCUT2D eigenvalue weighted by Gasteiger charge is -2.07. The molecular weight excluding hydrogens is 280 g/mol. The summed E-state index contributed by atoms with van der Waals surface area (Å²) in [4.78, 5) is 20.7. The van der Waals surface area contributed by atoms with Crippen molar-refractivity contribution < 1.29 is 14.4 Å². The van der Waals surface area contributed by atoms with Gasteiger partial charge in [0.1, 0.15) is 19.0 Å². The third-order valence-electron chi connectivity index (χ3n) is 2.98. The molecule has 0 bridgehead atoms. The van der Waals surface area contributed by atoms with Crippen molar-refractivity contribution in [1.29, 1.82) is 0 Å². The molecule has 0 fully saturated rings. The summed E-state index contributed by atoms with van der Waals surface area (Å²) in [5.41, 5.74) is 3.55. The zero-order valence-corrected chi connectivity index (χ0v) is 12.4. The van der Waals surface area contributed by atoms with E-state index in [-0.39, 0.29) is 5.91 Å². The van der Waals surface area contributed by atoms with Gasteiger partial charge in [-0.25, -0.2) is 5.48 Å². The molecule has 0 aliphatic rings. The van der Waals surface area contributed by atoms with E-state index in [1.54, 1.807) is 6.20 Å². The lowest BCUT2D eigenvalue weighted by atomic mass is 10.1.